The Bertz CT molecular complexity index is 351. The van der Waals surface area contributed by atoms with E-state index in [2.05, 4.69) is 19.9 Å². The molecule has 0 unspecified atom stereocenters. The van der Waals surface area contributed by atoms with Crippen molar-refractivity contribution in [2.45, 2.75) is 52.1 Å². The number of allylic oxidation sites excluding steroid dienone is 2. The topological polar surface area (TPSA) is 23.8 Å². The second-order valence-electron chi connectivity index (χ2n) is 5.42. The highest BCUT2D eigenvalue weighted by Crippen LogP contribution is 2.40. The summed E-state index contributed by atoms with van der Waals surface area (Å²) in [6.45, 7) is 4.37. The van der Waals surface area contributed by atoms with Crippen molar-refractivity contribution in [3.63, 3.8) is 0 Å². The van der Waals surface area contributed by atoms with Crippen LogP contribution in [0.2, 0.25) is 0 Å². The lowest BCUT2D eigenvalue weighted by molar-refractivity contribution is -0.129. The second-order valence-corrected chi connectivity index (χ2v) is 6.53. The van der Waals surface area contributed by atoms with Gasteiger partial charge in [0, 0.05) is 5.75 Å². The number of halogens is 3. The van der Waals surface area contributed by atoms with Crippen LogP contribution in [0.25, 0.3) is 0 Å². The van der Waals surface area contributed by atoms with Gasteiger partial charge < -0.3 is 0 Å². The molecule has 0 aromatic rings. The van der Waals surface area contributed by atoms with Gasteiger partial charge in [0.1, 0.15) is 6.07 Å². The summed E-state index contributed by atoms with van der Waals surface area (Å²) in [6.07, 6.45) is -1.26. The van der Waals surface area contributed by atoms with E-state index in [1.165, 1.54) is 0 Å². The average Bonchev–Trinajstić information content (AvgIpc) is 2.24. The fraction of sp³-hybridized carbons (Fsp3) is 0.769. The zero-order chi connectivity index (χ0) is 13.8. The smallest absolute Gasteiger partial charge is 0.192 e. The molecule has 0 aromatic heterocycles. The lowest BCUT2D eigenvalue weighted by atomic mass is 9.75. The van der Waals surface area contributed by atoms with E-state index in [0.29, 0.717) is 10.3 Å². The molecule has 18 heavy (non-hydrogen) atoms. The van der Waals surface area contributed by atoms with Crippen LogP contribution in [0.4, 0.5) is 13.2 Å². The van der Waals surface area contributed by atoms with E-state index in [0.717, 1.165) is 43.0 Å². The van der Waals surface area contributed by atoms with Gasteiger partial charge in [-0.1, -0.05) is 13.8 Å². The molecule has 0 bridgehead atoms. The third kappa shape index (κ3) is 5.34. The summed E-state index contributed by atoms with van der Waals surface area (Å²) < 4.78 is 36.1. The van der Waals surface area contributed by atoms with E-state index >= 15 is 0 Å². The molecule has 0 N–H and O–H groups in total. The molecule has 0 spiro atoms. The van der Waals surface area contributed by atoms with Gasteiger partial charge >= 0.3 is 6.18 Å². The number of hydrogen-bond donors (Lipinski definition) is 0. The molecule has 0 aliphatic heterocycles. The predicted molar refractivity (Wildman–Crippen MR) is 68.0 cm³/mol. The molecule has 1 fully saturated rings. The van der Waals surface area contributed by atoms with E-state index in [9.17, 15) is 13.2 Å². The summed E-state index contributed by atoms with van der Waals surface area (Å²) in [5.74, 6) is -0.0563. The number of alkyl halides is 3. The molecular weight excluding hydrogens is 259 g/mol. The van der Waals surface area contributed by atoms with Gasteiger partial charge in [-0.3, -0.25) is 0 Å². The van der Waals surface area contributed by atoms with Gasteiger partial charge in [0.05, 0.1) is 11.3 Å². The zero-order valence-corrected chi connectivity index (χ0v) is 11.5. The molecule has 0 amide bonds. The molecule has 1 rings (SSSR count). The summed E-state index contributed by atoms with van der Waals surface area (Å²) in [5.41, 5.74) is 1.34. The molecule has 1 aliphatic carbocycles. The van der Waals surface area contributed by atoms with Crippen molar-refractivity contribution in [2.75, 3.05) is 5.75 Å². The molecule has 5 heteroatoms. The summed E-state index contributed by atoms with van der Waals surface area (Å²) in [5, 5.41) is 9.03. The quantitative estimate of drug-likeness (QED) is 0.674. The van der Waals surface area contributed by atoms with Crippen LogP contribution in [0.15, 0.2) is 10.5 Å². The maximum Gasteiger partial charge on any atom is 0.389 e. The first-order valence-electron chi connectivity index (χ1n) is 6.05. The summed E-state index contributed by atoms with van der Waals surface area (Å²) >= 11 is 1.05. The fourth-order valence-corrected chi connectivity index (χ4v) is 2.95. The Labute approximate surface area is 110 Å². The van der Waals surface area contributed by atoms with Crippen molar-refractivity contribution in [2.24, 2.45) is 5.41 Å². The Kier molecular flexibility index (Phi) is 5.15. The fourth-order valence-electron chi connectivity index (χ4n) is 1.94. The minimum Gasteiger partial charge on any atom is -0.192 e. The second kappa shape index (κ2) is 6.01. The SMILES string of the molecule is CC1(C)CCC(=C(C#N)SCCC(F)(F)F)CC1. The van der Waals surface area contributed by atoms with Crippen LogP contribution in [0.5, 0.6) is 0 Å². The summed E-state index contributed by atoms with van der Waals surface area (Å²) in [7, 11) is 0. The van der Waals surface area contributed by atoms with E-state index < -0.39 is 12.6 Å². The predicted octanol–water partition coefficient (Wildman–Crippen LogP) is 5.05. The number of rotatable bonds is 3. The van der Waals surface area contributed by atoms with Crippen molar-refractivity contribution in [1.29, 1.82) is 5.26 Å². The molecule has 0 atom stereocenters. The largest absolute Gasteiger partial charge is 0.389 e. The van der Waals surface area contributed by atoms with Crippen LogP contribution in [0.1, 0.15) is 46.0 Å². The molecule has 0 aromatic carbocycles. The van der Waals surface area contributed by atoms with Crippen molar-refractivity contribution in [3.05, 3.63) is 10.5 Å². The van der Waals surface area contributed by atoms with Crippen LogP contribution in [0, 0.1) is 16.7 Å². The van der Waals surface area contributed by atoms with Gasteiger partial charge in [-0.2, -0.15) is 18.4 Å². The number of hydrogen-bond acceptors (Lipinski definition) is 2. The van der Waals surface area contributed by atoms with Crippen molar-refractivity contribution >= 4 is 11.8 Å². The Hall–Kier alpha value is -0.630. The Morgan fingerprint density at radius 1 is 1.33 bits per heavy atom. The standard InChI is InChI=1S/C13H18F3NS/c1-12(2)5-3-10(4-6-12)11(9-17)18-8-7-13(14,15)16/h3-8H2,1-2H3. The van der Waals surface area contributed by atoms with Crippen molar-refractivity contribution in [1.82, 2.24) is 0 Å². The Morgan fingerprint density at radius 3 is 2.33 bits per heavy atom. The summed E-state index contributed by atoms with van der Waals surface area (Å²) in [4.78, 5) is 0.509. The lowest BCUT2D eigenvalue weighted by Crippen LogP contribution is -2.17. The number of nitrogens with zero attached hydrogens (tertiary/aromatic N) is 1. The van der Waals surface area contributed by atoms with Crippen LogP contribution < -0.4 is 0 Å². The monoisotopic (exact) mass is 277 g/mol. The van der Waals surface area contributed by atoms with E-state index in [-0.39, 0.29) is 5.75 Å². The Morgan fingerprint density at radius 2 is 1.89 bits per heavy atom. The minimum atomic E-state index is -4.13. The van der Waals surface area contributed by atoms with Crippen LogP contribution in [0.3, 0.4) is 0 Å². The Balaban J connectivity index is 2.54. The van der Waals surface area contributed by atoms with Gasteiger partial charge in [0.2, 0.25) is 0 Å². The molecule has 0 saturated heterocycles. The zero-order valence-electron chi connectivity index (χ0n) is 10.7. The first kappa shape index (κ1) is 15.4. The molecule has 1 nitrogen and oxygen atoms in total. The third-order valence-electron chi connectivity index (χ3n) is 3.26. The van der Waals surface area contributed by atoms with Gasteiger partial charge in [0.25, 0.3) is 0 Å². The molecule has 102 valence electrons. The summed E-state index contributed by atoms with van der Waals surface area (Å²) in [6, 6.07) is 2.06. The van der Waals surface area contributed by atoms with E-state index in [1.54, 1.807) is 0 Å². The lowest BCUT2D eigenvalue weighted by Gasteiger charge is -2.31. The van der Waals surface area contributed by atoms with Crippen LogP contribution in [-0.2, 0) is 0 Å². The van der Waals surface area contributed by atoms with Crippen molar-refractivity contribution < 1.29 is 13.2 Å². The van der Waals surface area contributed by atoms with Crippen LogP contribution in [-0.4, -0.2) is 11.9 Å². The normalized spacial score (nSPS) is 19.4. The minimum absolute atomic E-state index is 0.0563. The van der Waals surface area contributed by atoms with Gasteiger partial charge in [-0.25, -0.2) is 0 Å². The molecule has 1 aliphatic rings. The highest BCUT2D eigenvalue weighted by molar-refractivity contribution is 8.03. The van der Waals surface area contributed by atoms with Crippen molar-refractivity contribution in [3.8, 4) is 6.07 Å². The first-order valence-corrected chi connectivity index (χ1v) is 7.04. The average molecular weight is 277 g/mol. The highest BCUT2D eigenvalue weighted by Gasteiger charge is 2.28. The van der Waals surface area contributed by atoms with E-state index in [1.807, 2.05) is 0 Å². The molecule has 0 heterocycles. The maximum absolute atomic E-state index is 12.0. The van der Waals surface area contributed by atoms with Gasteiger partial charge in [-0.05, 0) is 36.7 Å². The highest BCUT2D eigenvalue weighted by atomic mass is 32.2. The maximum atomic E-state index is 12.0. The van der Waals surface area contributed by atoms with E-state index in [4.69, 9.17) is 5.26 Å². The van der Waals surface area contributed by atoms with Crippen LogP contribution >= 0.6 is 11.8 Å². The van der Waals surface area contributed by atoms with Gasteiger partial charge in [-0.15, -0.1) is 11.8 Å². The van der Waals surface area contributed by atoms with Gasteiger partial charge in [0.15, 0.2) is 0 Å². The number of thioether (sulfide) groups is 1. The molecular formula is C13H18F3NS. The third-order valence-corrected chi connectivity index (χ3v) is 4.34. The first-order chi connectivity index (χ1) is 8.23. The molecule has 0 radical (unpaired) electrons. The number of nitriles is 1. The molecule has 1 saturated carbocycles.